The van der Waals surface area contributed by atoms with Gasteiger partial charge in [-0.05, 0) is 12.8 Å². The van der Waals surface area contributed by atoms with Crippen LogP contribution in [0, 0.1) is 0 Å². The number of rotatable bonds is 0. The lowest BCUT2D eigenvalue weighted by atomic mass is 10.1. The van der Waals surface area contributed by atoms with Crippen molar-refractivity contribution in [3.05, 3.63) is 12.3 Å². The molecule has 0 aromatic carbocycles. The lowest BCUT2D eigenvalue weighted by Gasteiger charge is -2.39. The van der Waals surface area contributed by atoms with E-state index in [1.165, 1.54) is 12.8 Å². The molecule has 72 valence electrons. The van der Waals surface area contributed by atoms with Gasteiger partial charge in [-0.3, -0.25) is 4.79 Å². The van der Waals surface area contributed by atoms with Crippen molar-refractivity contribution in [2.45, 2.75) is 25.8 Å². The fraction of sp³-hybridized carbons (Fsp3) is 0.700. The quantitative estimate of drug-likeness (QED) is 0.551. The zero-order chi connectivity index (χ0) is 9.42. The van der Waals surface area contributed by atoms with Gasteiger partial charge in [-0.15, -0.1) is 0 Å². The van der Waals surface area contributed by atoms with Gasteiger partial charge in [-0.1, -0.05) is 6.58 Å². The van der Waals surface area contributed by atoms with E-state index < -0.39 is 0 Å². The van der Waals surface area contributed by atoms with Crippen molar-refractivity contribution >= 4 is 5.91 Å². The molecular formula is C10H16N2O. The van der Waals surface area contributed by atoms with Gasteiger partial charge in [0, 0.05) is 31.8 Å². The van der Waals surface area contributed by atoms with Gasteiger partial charge in [0.05, 0.1) is 6.54 Å². The summed E-state index contributed by atoms with van der Waals surface area (Å²) < 4.78 is 0. The van der Waals surface area contributed by atoms with E-state index >= 15 is 0 Å². The van der Waals surface area contributed by atoms with Crippen molar-refractivity contribution < 1.29 is 4.79 Å². The third-order valence-electron chi connectivity index (χ3n) is 3.03. The van der Waals surface area contributed by atoms with Crippen LogP contribution in [-0.4, -0.2) is 41.4 Å². The molecule has 0 N–H and O–H groups in total. The highest BCUT2D eigenvalue weighted by atomic mass is 16.2. The topological polar surface area (TPSA) is 23.6 Å². The Labute approximate surface area is 79.0 Å². The summed E-state index contributed by atoms with van der Waals surface area (Å²) in [4.78, 5) is 15.5. The summed E-state index contributed by atoms with van der Waals surface area (Å²) in [7, 11) is 0. The van der Waals surface area contributed by atoms with Gasteiger partial charge >= 0.3 is 0 Å². The Morgan fingerprint density at radius 1 is 1.62 bits per heavy atom. The largest absolute Gasteiger partial charge is 0.369 e. The Bertz CT molecular complexity index is 249. The number of hydrogen-bond donors (Lipinski definition) is 0. The molecule has 1 unspecified atom stereocenters. The van der Waals surface area contributed by atoms with E-state index in [0.717, 1.165) is 25.3 Å². The van der Waals surface area contributed by atoms with Gasteiger partial charge in [0.15, 0.2) is 0 Å². The molecule has 0 radical (unpaired) electrons. The third-order valence-corrected chi connectivity index (χ3v) is 3.03. The molecule has 13 heavy (non-hydrogen) atoms. The maximum atomic E-state index is 11.2. The Morgan fingerprint density at radius 3 is 3.08 bits per heavy atom. The van der Waals surface area contributed by atoms with Gasteiger partial charge in [-0.25, -0.2) is 0 Å². The standard InChI is InChI=1S/C10H16N2O/c1-8-6-11(9(2)13)7-10-4-3-5-12(8)10/h10H,1,3-7H2,2H3. The monoisotopic (exact) mass is 180 g/mol. The number of fused-ring (bicyclic) bond motifs is 1. The predicted octanol–water partition coefficient (Wildman–Crippen LogP) is 0.827. The normalized spacial score (nSPS) is 27.8. The number of piperazine rings is 1. The molecule has 0 aromatic heterocycles. The molecule has 2 heterocycles. The van der Waals surface area contributed by atoms with E-state index in [9.17, 15) is 4.79 Å². The number of carbonyl (C=O) groups excluding carboxylic acids is 1. The van der Waals surface area contributed by atoms with Gasteiger partial charge < -0.3 is 9.80 Å². The van der Waals surface area contributed by atoms with Crippen molar-refractivity contribution in [3.8, 4) is 0 Å². The van der Waals surface area contributed by atoms with Gasteiger partial charge in [-0.2, -0.15) is 0 Å². The molecule has 2 fully saturated rings. The van der Waals surface area contributed by atoms with Gasteiger partial charge in [0.1, 0.15) is 0 Å². The minimum Gasteiger partial charge on any atom is -0.369 e. The highest BCUT2D eigenvalue weighted by Gasteiger charge is 2.32. The average molecular weight is 180 g/mol. The SMILES string of the molecule is C=C1CN(C(C)=O)CC2CCCN12. The van der Waals surface area contributed by atoms with E-state index in [1.54, 1.807) is 6.92 Å². The summed E-state index contributed by atoms with van der Waals surface area (Å²) in [5, 5.41) is 0. The Morgan fingerprint density at radius 2 is 2.38 bits per heavy atom. The molecule has 2 rings (SSSR count). The second kappa shape index (κ2) is 3.05. The van der Waals surface area contributed by atoms with E-state index in [4.69, 9.17) is 0 Å². The summed E-state index contributed by atoms with van der Waals surface area (Å²) in [6.07, 6.45) is 2.46. The van der Waals surface area contributed by atoms with E-state index in [-0.39, 0.29) is 5.91 Å². The predicted molar refractivity (Wildman–Crippen MR) is 51.1 cm³/mol. The molecule has 2 aliphatic heterocycles. The minimum atomic E-state index is 0.174. The lowest BCUT2D eigenvalue weighted by Crippen LogP contribution is -2.49. The van der Waals surface area contributed by atoms with Crippen LogP contribution in [0.15, 0.2) is 12.3 Å². The second-order valence-corrected chi connectivity index (χ2v) is 3.96. The van der Waals surface area contributed by atoms with E-state index in [2.05, 4.69) is 11.5 Å². The van der Waals surface area contributed by atoms with Crippen LogP contribution in [0.25, 0.3) is 0 Å². The van der Waals surface area contributed by atoms with Crippen LogP contribution >= 0.6 is 0 Å². The second-order valence-electron chi connectivity index (χ2n) is 3.96. The fourth-order valence-electron chi connectivity index (χ4n) is 2.31. The van der Waals surface area contributed by atoms with Crippen molar-refractivity contribution in [3.63, 3.8) is 0 Å². The molecule has 0 bridgehead atoms. The van der Waals surface area contributed by atoms with Crippen LogP contribution in [-0.2, 0) is 4.79 Å². The first-order chi connectivity index (χ1) is 6.18. The van der Waals surface area contributed by atoms with Crippen LogP contribution in [0.5, 0.6) is 0 Å². The van der Waals surface area contributed by atoms with E-state index in [1.807, 2.05) is 4.90 Å². The number of hydrogen-bond acceptors (Lipinski definition) is 2. The summed E-state index contributed by atoms with van der Waals surface area (Å²) in [5.41, 5.74) is 1.11. The first kappa shape index (κ1) is 8.60. The Balaban J connectivity index is 2.09. The molecule has 0 aliphatic carbocycles. The van der Waals surface area contributed by atoms with Crippen LogP contribution in [0.4, 0.5) is 0 Å². The summed E-state index contributed by atoms with van der Waals surface area (Å²) in [6, 6.07) is 0.546. The molecule has 1 atom stereocenters. The molecule has 1 amide bonds. The van der Waals surface area contributed by atoms with Crippen LogP contribution < -0.4 is 0 Å². The Kier molecular flexibility index (Phi) is 2.02. The summed E-state index contributed by atoms with van der Waals surface area (Å²) >= 11 is 0. The molecular weight excluding hydrogens is 164 g/mol. The van der Waals surface area contributed by atoms with Gasteiger partial charge in [0.25, 0.3) is 0 Å². The molecule has 0 saturated carbocycles. The maximum Gasteiger partial charge on any atom is 0.219 e. The van der Waals surface area contributed by atoms with Gasteiger partial charge in [0.2, 0.25) is 5.91 Å². The molecule has 3 nitrogen and oxygen atoms in total. The first-order valence-corrected chi connectivity index (χ1v) is 4.88. The minimum absolute atomic E-state index is 0.174. The zero-order valence-corrected chi connectivity index (χ0v) is 8.12. The molecule has 0 spiro atoms. The number of amides is 1. The number of nitrogens with zero attached hydrogens (tertiary/aromatic N) is 2. The van der Waals surface area contributed by atoms with Crippen LogP contribution in [0.3, 0.4) is 0 Å². The summed E-state index contributed by atoms with van der Waals surface area (Å²) in [6.45, 7) is 8.42. The number of carbonyl (C=O) groups is 1. The maximum absolute atomic E-state index is 11.2. The van der Waals surface area contributed by atoms with Crippen LogP contribution in [0.1, 0.15) is 19.8 Å². The molecule has 3 heteroatoms. The molecule has 0 aromatic rings. The summed E-state index contributed by atoms with van der Waals surface area (Å²) in [5.74, 6) is 0.174. The average Bonchev–Trinajstić information content (AvgIpc) is 2.51. The fourth-order valence-corrected chi connectivity index (χ4v) is 2.31. The first-order valence-electron chi connectivity index (χ1n) is 4.88. The van der Waals surface area contributed by atoms with E-state index in [0.29, 0.717) is 6.04 Å². The van der Waals surface area contributed by atoms with Crippen molar-refractivity contribution in [2.75, 3.05) is 19.6 Å². The highest BCUT2D eigenvalue weighted by Crippen LogP contribution is 2.26. The Hall–Kier alpha value is -0.990. The van der Waals surface area contributed by atoms with Crippen molar-refractivity contribution in [2.24, 2.45) is 0 Å². The van der Waals surface area contributed by atoms with Crippen molar-refractivity contribution in [1.29, 1.82) is 0 Å². The third kappa shape index (κ3) is 1.43. The zero-order valence-electron chi connectivity index (χ0n) is 8.12. The highest BCUT2D eigenvalue weighted by molar-refractivity contribution is 5.73. The van der Waals surface area contributed by atoms with Crippen LogP contribution in [0.2, 0.25) is 0 Å². The smallest absolute Gasteiger partial charge is 0.219 e. The van der Waals surface area contributed by atoms with Crippen molar-refractivity contribution in [1.82, 2.24) is 9.80 Å². The molecule has 2 saturated heterocycles. The lowest BCUT2D eigenvalue weighted by molar-refractivity contribution is -0.130. The molecule has 2 aliphatic rings.